The van der Waals surface area contributed by atoms with Crippen LogP contribution in [0.4, 0.5) is 34.1 Å². The number of nitrogens with two attached hydrogens (primary N) is 1. The van der Waals surface area contributed by atoms with Gasteiger partial charge in [0.2, 0.25) is 5.91 Å². The van der Waals surface area contributed by atoms with Crippen molar-refractivity contribution in [1.29, 1.82) is 0 Å². The standard InChI is InChI=1S/C24H23N5O2.C17H17ClN4O/c25-23(30)18-3-1-17(2-4-18)22-10-9-21(24-26-11-12-29(22)24)27-19-5-7-20(8-6-19)28-13-15-31-16-14-28;18-16-6-5-15(17-19-7-8-22(16)17)20-13-1-3-14(4-2-13)21-9-11-23-12-10-21/h1-12,27H,13-16H2,(H2,25,30);1-8,20H,9-12H2. The molecular weight excluding hydrogens is 702 g/mol. The van der Waals surface area contributed by atoms with E-state index in [1.54, 1.807) is 24.5 Å². The molecular formula is C41H40ClN9O3. The van der Waals surface area contributed by atoms with Crippen LogP contribution in [0.25, 0.3) is 22.6 Å². The molecule has 0 atom stereocenters. The molecule has 2 fully saturated rings. The maximum absolute atomic E-state index is 11.3. The molecule has 0 saturated carbocycles. The highest BCUT2D eigenvalue weighted by Crippen LogP contribution is 2.29. The monoisotopic (exact) mass is 741 g/mol. The summed E-state index contributed by atoms with van der Waals surface area (Å²) in [6, 6.07) is 32.0. The zero-order valence-electron chi connectivity index (χ0n) is 29.6. The van der Waals surface area contributed by atoms with E-state index in [9.17, 15) is 4.79 Å². The molecule has 4 N–H and O–H groups in total. The molecule has 54 heavy (non-hydrogen) atoms. The molecule has 2 aliphatic heterocycles. The highest BCUT2D eigenvalue weighted by Gasteiger charge is 2.14. The predicted octanol–water partition coefficient (Wildman–Crippen LogP) is 7.25. The third kappa shape index (κ3) is 7.67. The summed E-state index contributed by atoms with van der Waals surface area (Å²) in [6.07, 6.45) is 7.31. The summed E-state index contributed by atoms with van der Waals surface area (Å²) in [6.45, 7) is 6.86. The maximum Gasteiger partial charge on any atom is 0.248 e. The number of pyridine rings is 2. The lowest BCUT2D eigenvalue weighted by Gasteiger charge is -2.29. The summed E-state index contributed by atoms with van der Waals surface area (Å²) in [5.74, 6) is -0.432. The van der Waals surface area contributed by atoms with Gasteiger partial charge in [0.25, 0.3) is 0 Å². The van der Waals surface area contributed by atoms with Crippen molar-refractivity contribution in [3.05, 3.63) is 133 Å². The number of nitrogens with zero attached hydrogens (tertiary/aromatic N) is 6. The Morgan fingerprint density at radius 1 is 0.611 bits per heavy atom. The lowest BCUT2D eigenvalue weighted by molar-refractivity contribution is 0.1000. The van der Waals surface area contributed by atoms with Crippen LogP contribution in [0.15, 0.2) is 122 Å². The number of hydrogen-bond acceptors (Lipinski definition) is 9. The molecule has 0 radical (unpaired) electrons. The fourth-order valence-corrected chi connectivity index (χ4v) is 6.90. The first-order valence-corrected chi connectivity index (χ1v) is 18.3. The number of imidazole rings is 2. The van der Waals surface area contributed by atoms with Gasteiger partial charge in [-0.1, -0.05) is 23.7 Å². The summed E-state index contributed by atoms with van der Waals surface area (Å²) in [7, 11) is 0. The Hall–Kier alpha value is -6.08. The molecule has 13 heteroatoms. The Morgan fingerprint density at radius 2 is 1.09 bits per heavy atom. The van der Waals surface area contributed by atoms with Crippen LogP contribution in [0, 0.1) is 0 Å². The third-order valence-electron chi connectivity index (χ3n) is 9.56. The quantitative estimate of drug-likeness (QED) is 0.138. The van der Waals surface area contributed by atoms with E-state index in [2.05, 4.69) is 78.9 Å². The van der Waals surface area contributed by atoms with Gasteiger partial charge in [-0.05, 0) is 90.5 Å². The second kappa shape index (κ2) is 15.9. The first-order chi connectivity index (χ1) is 26.5. The average Bonchev–Trinajstić information content (AvgIpc) is 3.93. The molecule has 2 aliphatic rings. The van der Waals surface area contributed by atoms with Crippen LogP contribution in [-0.2, 0) is 9.47 Å². The number of ether oxygens (including phenoxy) is 2. The number of benzene rings is 3. The van der Waals surface area contributed by atoms with Gasteiger partial charge < -0.3 is 35.6 Å². The maximum atomic E-state index is 11.3. The van der Waals surface area contributed by atoms with Crippen molar-refractivity contribution in [1.82, 2.24) is 18.8 Å². The average molecular weight is 742 g/mol. The molecule has 0 spiro atoms. The zero-order valence-corrected chi connectivity index (χ0v) is 30.3. The molecule has 0 unspecified atom stereocenters. The van der Waals surface area contributed by atoms with E-state index in [4.69, 9.17) is 26.8 Å². The molecule has 6 heterocycles. The van der Waals surface area contributed by atoms with Crippen LogP contribution in [-0.4, -0.2) is 77.3 Å². The number of aromatic nitrogens is 4. The molecule has 3 aromatic carbocycles. The molecule has 9 rings (SSSR count). The number of amides is 1. The first-order valence-electron chi connectivity index (χ1n) is 17.9. The largest absolute Gasteiger partial charge is 0.378 e. The Kier molecular flexibility index (Phi) is 10.3. The van der Waals surface area contributed by atoms with Crippen LogP contribution in [0.3, 0.4) is 0 Å². The fraction of sp³-hybridized carbons (Fsp3) is 0.195. The van der Waals surface area contributed by atoms with E-state index in [0.717, 1.165) is 97.9 Å². The lowest BCUT2D eigenvalue weighted by Crippen LogP contribution is -2.36. The highest BCUT2D eigenvalue weighted by molar-refractivity contribution is 6.30. The summed E-state index contributed by atoms with van der Waals surface area (Å²) in [5, 5.41) is 7.53. The third-order valence-corrected chi connectivity index (χ3v) is 9.87. The second-order valence-electron chi connectivity index (χ2n) is 12.9. The Balaban J connectivity index is 0.000000160. The van der Waals surface area contributed by atoms with Gasteiger partial charge in [0.1, 0.15) is 5.15 Å². The second-order valence-corrected chi connectivity index (χ2v) is 13.3. The normalized spacial score (nSPS) is 14.5. The van der Waals surface area contributed by atoms with Crippen molar-refractivity contribution in [3.63, 3.8) is 0 Å². The van der Waals surface area contributed by atoms with Gasteiger partial charge in [-0.3, -0.25) is 13.6 Å². The van der Waals surface area contributed by atoms with E-state index < -0.39 is 5.91 Å². The fourth-order valence-electron chi connectivity index (χ4n) is 6.70. The molecule has 0 aliphatic carbocycles. The Bertz CT molecular complexity index is 2350. The van der Waals surface area contributed by atoms with Gasteiger partial charge >= 0.3 is 0 Å². The van der Waals surface area contributed by atoms with E-state index in [0.29, 0.717) is 10.7 Å². The van der Waals surface area contributed by atoms with E-state index in [1.165, 1.54) is 11.4 Å². The van der Waals surface area contributed by atoms with Crippen LogP contribution in [0.2, 0.25) is 5.15 Å². The number of nitrogens with one attached hydrogen (secondary N) is 2. The van der Waals surface area contributed by atoms with Crippen LogP contribution in [0.5, 0.6) is 0 Å². The van der Waals surface area contributed by atoms with Crippen LogP contribution >= 0.6 is 11.6 Å². The van der Waals surface area contributed by atoms with Gasteiger partial charge in [0.15, 0.2) is 11.3 Å². The summed E-state index contributed by atoms with van der Waals surface area (Å²) >= 11 is 6.16. The van der Waals surface area contributed by atoms with Crippen molar-refractivity contribution < 1.29 is 14.3 Å². The smallest absolute Gasteiger partial charge is 0.248 e. The Labute approximate surface area is 317 Å². The van der Waals surface area contributed by atoms with Crippen LogP contribution < -0.4 is 26.2 Å². The number of fused-ring (bicyclic) bond motifs is 2. The van der Waals surface area contributed by atoms with Crippen molar-refractivity contribution in [3.8, 4) is 11.3 Å². The van der Waals surface area contributed by atoms with Crippen LogP contribution in [0.1, 0.15) is 10.4 Å². The minimum atomic E-state index is -0.432. The van der Waals surface area contributed by atoms with Crippen molar-refractivity contribution in [2.45, 2.75) is 0 Å². The zero-order chi connectivity index (χ0) is 36.9. The number of carbonyl (C=O) groups excluding carboxylic acids is 1. The topological polar surface area (TPSA) is 127 Å². The van der Waals surface area contributed by atoms with Crippen molar-refractivity contribution in [2.75, 3.05) is 73.0 Å². The van der Waals surface area contributed by atoms with Gasteiger partial charge in [-0.15, -0.1) is 0 Å². The molecule has 7 aromatic rings. The molecule has 12 nitrogen and oxygen atoms in total. The molecule has 2 saturated heterocycles. The van der Waals surface area contributed by atoms with Gasteiger partial charge in [0.05, 0.1) is 43.5 Å². The first kappa shape index (κ1) is 35.0. The summed E-state index contributed by atoms with van der Waals surface area (Å²) < 4.78 is 14.7. The predicted molar refractivity (Wildman–Crippen MR) is 215 cm³/mol. The number of hydrogen-bond donors (Lipinski definition) is 3. The highest BCUT2D eigenvalue weighted by atomic mass is 35.5. The number of rotatable bonds is 8. The molecule has 1 amide bonds. The SMILES string of the molecule is Clc1ccc(Nc2ccc(N3CCOCC3)cc2)c2nccn12.NC(=O)c1ccc(-c2ccc(Nc3ccc(N4CCOCC4)cc3)c3nccn23)cc1. The van der Waals surface area contributed by atoms with Gasteiger partial charge in [-0.2, -0.15) is 0 Å². The van der Waals surface area contributed by atoms with Gasteiger partial charge in [-0.25, -0.2) is 9.97 Å². The van der Waals surface area contributed by atoms with Crippen molar-refractivity contribution >= 4 is 62.9 Å². The number of primary amides is 1. The lowest BCUT2D eigenvalue weighted by atomic mass is 10.1. The molecule has 4 aromatic heterocycles. The van der Waals surface area contributed by atoms with Crippen molar-refractivity contribution in [2.24, 2.45) is 5.73 Å². The Morgan fingerprint density at radius 3 is 1.61 bits per heavy atom. The number of morpholine rings is 2. The number of carbonyl (C=O) groups is 1. The molecule has 274 valence electrons. The molecule has 0 bridgehead atoms. The summed E-state index contributed by atoms with van der Waals surface area (Å²) in [5.41, 5.74) is 15.7. The number of anilines is 6. The van der Waals surface area contributed by atoms with E-state index in [-0.39, 0.29) is 0 Å². The minimum absolute atomic E-state index is 0.432. The minimum Gasteiger partial charge on any atom is -0.378 e. The van der Waals surface area contributed by atoms with E-state index in [1.807, 2.05) is 57.6 Å². The summed E-state index contributed by atoms with van der Waals surface area (Å²) in [4.78, 5) is 24.9. The number of halogens is 1. The van der Waals surface area contributed by atoms with Gasteiger partial charge in [0, 0.05) is 79.3 Å². The van der Waals surface area contributed by atoms with E-state index >= 15 is 0 Å².